The van der Waals surface area contributed by atoms with Crippen LogP contribution in [-0.4, -0.2) is 24.9 Å². The number of carbonyl (C=O) groups is 1. The molecule has 19 heavy (non-hydrogen) atoms. The Labute approximate surface area is 111 Å². The summed E-state index contributed by atoms with van der Waals surface area (Å²) in [6.45, 7) is 5.39. The number of alkyl halides is 4. The van der Waals surface area contributed by atoms with Crippen molar-refractivity contribution in [3.8, 4) is 0 Å². The molecule has 0 radical (unpaired) electrons. The molecule has 0 spiro atoms. The summed E-state index contributed by atoms with van der Waals surface area (Å²) in [6, 6.07) is 0. The van der Waals surface area contributed by atoms with Crippen LogP contribution in [0, 0.1) is 5.41 Å². The van der Waals surface area contributed by atoms with Crippen molar-refractivity contribution >= 4 is 5.97 Å². The summed E-state index contributed by atoms with van der Waals surface area (Å²) in [5, 5.41) is 0. The number of ether oxygens (including phenoxy) is 1. The third-order valence-corrected chi connectivity index (χ3v) is 3.06. The fraction of sp³-hybridized carbons (Fsp3) is 0.923. The molecule has 0 unspecified atom stereocenters. The molecule has 0 rings (SSSR count). The van der Waals surface area contributed by atoms with Crippen molar-refractivity contribution in [2.75, 3.05) is 6.61 Å². The van der Waals surface area contributed by atoms with Crippen LogP contribution in [0.15, 0.2) is 0 Å². The van der Waals surface area contributed by atoms with E-state index in [1.165, 1.54) is 0 Å². The molecular formula is C13H22F4O2. The first-order chi connectivity index (χ1) is 8.60. The number of rotatable bonds is 9. The largest absolute Gasteiger partial charge is 0.465 e. The van der Waals surface area contributed by atoms with Crippen molar-refractivity contribution in [3.05, 3.63) is 0 Å². The van der Waals surface area contributed by atoms with E-state index in [9.17, 15) is 22.4 Å². The molecule has 0 aliphatic carbocycles. The highest BCUT2D eigenvalue weighted by atomic mass is 19.3. The minimum Gasteiger partial charge on any atom is -0.465 e. The predicted molar refractivity (Wildman–Crippen MR) is 64.5 cm³/mol. The molecule has 0 saturated heterocycles. The molecule has 0 N–H and O–H groups in total. The van der Waals surface area contributed by atoms with Gasteiger partial charge in [-0.1, -0.05) is 6.92 Å². The van der Waals surface area contributed by atoms with E-state index >= 15 is 0 Å². The topological polar surface area (TPSA) is 26.3 Å². The van der Waals surface area contributed by atoms with Crippen LogP contribution in [-0.2, 0) is 9.53 Å². The summed E-state index contributed by atoms with van der Waals surface area (Å²) in [7, 11) is 0. The van der Waals surface area contributed by atoms with Gasteiger partial charge in [-0.3, -0.25) is 4.79 Å². The number of halogens is 4. The molecule has 0 aliphatic rings. The van der Waals surface area contributed by atoms with Crippen LogP contribution in [0.3, 0.4) is 0 Å². The number of carbonyl (C=O) groups excluding carboxylic acids is 1. The van der Waals surface area contributed by atoms with E-state index in [2.05, 4.69) is 0 Å². The Kier molecular flexibility index (Phi) is 7.37. The molecule has 0 atom stereocenters. The Balaban J connectivity index is 3.80. The Morgan fingerprint density at radius 3 is 2.26 bits per heavy atom. The lowest BCUT2D eigenvalue weighted by molar-refractivity contribution is -0.154. The third-order valence-electron chi connectivity index (χ3n) is 3.06. The van der Waals surface area contributed by atoms with Crippen molar-refractivity contribution in [1.29, 1.82) is 0 Å². The summed E-state index contributed by atoms with van der Waals surface area (Å²) in [6.07, 6.45) is -4.08. The van der Waals surface area contributed by atoms with Gasteiger partial charge in [-0.05, 0) is 33.1 Å². The summed E-state index contributed by atoms with van der Waals surface area (Å²) >= 11 is 0. The molecule has 0 aromatic rings. The highest BCUT2D eigenvalue weighted by Gasteiger charge is 2.32. The average molecular weight is 286 g/mol. The van der Waals surface area contributed by atoms with Gasteiger partial charge in [-0.15, -0.1) is 0 Å². The van der Waals surface area contributed by atoms with Gasteiger partial charge >= 0.3 is 5.97 Å². The quantitative estimate of drug-likeness (QED) is 0.356. The number of hydrogen-bond donors (Lipinski definition) is 0. The number of unbranched alkanes of at least 4 members (excludes halogenated alkanes) is 1. The van der Waals surface area contributed by atoms with Crippen molar-refractivity contribution in [2.24, 2.45) is 5.41 Å². The molecular weight excluding hydrogens is 264 g/mol. The monoisotopic (exact) mass is 286 g/mol. The molecule has 0 aromatic carbocycles. The first-order valence-electron chi connectivity index (χ1n) is 6.44. The van der Waals surface area contributed by atoms with Crippen LogP contribution in [0.1, 0.15) is 52.9 Å². The van der Waals surface area contributed by atoms with Gasteiger partial charge in [-0.2, -0.15) is 0 Å². The van der Waals surface area contributed by atoms with E-state index in [1.807, 2.05) is 6.92 Å². The van der Waals surface area contributed by atoms with Crippen LogP contribution >= 0.6 is 0 Å². The van der Waals surface area contributed by atoms with Gasteiger partial charge in [0.25, 0.3) is 5.92 Å². The van der Waals surface area contributed by atoms with Crippen molar-refractivity contribution in [3.63, 3.8) is 0 Å². The van der Waals surface area contributed by atoms with Crippen LogP contribution in [0.4, 0.5) is 17.6 Å². The Bertz CT molecular complexity index is 278. The Morgan fingerprint density at radius 1 is 1.21 bits per heavy atom. The Morgan fingerprint density at radius 2 is 1.79 bits per heavy atom. The van der Waals surface area contributed by atoms with Gasteiger partial charge in [0.05, 0.1) is 18.4 Å². The van der Waals surface area contributed by atoms with Gasteiger partial charge in [0, 0.05) is 6.42 Å². The lowest BCUT2D eigenvalue weighted by Crippen LogP contribution is -2.26. The zero-order valence-corrected chi connectivity index (χ0v) is 11.6. The summed E-state index contributed by atoms with van der Waals surface area (Å²) in [5.41, 5.74) is -0.584. The van der Waals surface area contributed by atoms with Gasteiger partial charge in [0.15, 0.2) is 0 Å². The van der Waals surface area contributed by atoms with E-state index in [0.29, 0.717) is 6.42 Å². The molecule has 0 bridgehead atoms. The third kappa shape index (κ3) is 8.06. The molecule has 6 heteroatoms. The summed E-state index contributed by atoms with van der Waals surface area (Å²) in [5.74, 6) is -3.71. The van der Waals surface area contributed by atoms with Crippen LogP contribution in [0.5, 0.6) is 0 Å². The van der Waals surface area contributed by atoms with Crippen LogP contribution in [0.25, 0.3) is 0 Å². The lowest BCUT2D eigenvalue weighted by atomic mass is 9.91. The maximum Gasteiger partial charge on any atom is 0.311 e. The van der Waals surface area contributed by atoms with Crippen LogP contribution < -0.4 is 0 Å². The second-order valence-corrected chi connectivity index (χ2v) is 5.28. The SMILES string of the molecule is CCC(C)(C)C(=O)OCCCCC(F)(F)CC(F)F. The maximum atomic E-state index is 12.9. The Hall–Kier alpha value is -0.810. The first kappa shape index (κ1) is 18.2. The van der Waals surface area contributed by atoms with Gasteiger partial charge in [0.2, 0.25) is 6.43 Å². The van der Waals surface area contributed by atoms with E-state index in [4.69, 9.17) is 4.74 Å². The molecule has 0 aromatic heterocycles. The minimum atomic E-state index is -3.35. The second kappa shape index (κ2) is 7.70. The molecule has 114 valence electrons. The van der Waals surface area contributed by atoms with Crippen molar-refractivity contribution in [1.82, 2.24) is 0 Å². The molecule has 0 heterocycles. The van der Waals surface area contributed by atoms with E-state index < -0.39 is 30.6 Å². The molecule has 0 fully saturated rings. The summed E-state index contributed by atoms with van der Waals surface area (Å²) < 4.78 is 54.5. The smallest absolute Gasteiger partial charge is 0.311 e. The number of hydrogen-bond acceptors (Lipinski definition) is 2. The van der Waals surface area contributed by atoms with Gasteiger partial charge in [-0.25, -0.2) is 17.6 Å². The second-order valence-electron chi connectivity index (χ2n) is 5.28. The molecule has 0 amide bonds. The minimum absolute atomic E-state index is 0.0486. The highest BCUT2D eigenvalue weighted by molar-refractivity contribution is 5.75. The highest BCUT2D eigenvalue weighted by Crippen LogP contribution is 2.28. The number of esters is 1. The zero-order valence-electron chi connectivity index (χ0n) is 11.6. The zero-order chi connectivity index (χ0) is 15.1. The van der Waals surface area contributed by atoms with E-state index in [-0.39, 0.29) is 25.4 Å². The van der Waals surface area contributed by atoms with Gasteiger partial charge in [0.1, 0.15) is 0 Å². The fourth-order valence-corrected chi connectivity index (χ4v) is 1.32. The van der Waals surface area contributed by atoms with E-state index in [0.717, 1.165) is 0 Å². The average Bonchev–Trinajstić information content (AvgIpc) is 2.26. The fourth-order valence-electron chi connectivity index (χ4n) is 1.32. The van der Waals surface area contributed by atoms with Crippen LogP contribution in [0.2, 0.25) is 0 Å². The summed E-state index contributed by atoms with van der Waals surface area (Å²) in [4.78, 5) is 11.5. The standard InChI is InChI=1S/C13H22F4O2/c1-4-12(2,3)11(18)19-8-6-5-7-13(16,17)9-10(14)15/h10H,4-9H2,1-3H3. The van der Waals surface area contributed by atoms with Crippen molar-refractivity contribution < 1.29 is 27.1 Å². The first-order valence-corrected chi connectivity index (χ1v) is 6.44. The van der Waals surface area contributed by atoms with Crippen molar-refractivity contribution in [2.45, 2.75) is 65.2 Å². The van der Waals surface area contributed by atoms with E-state index in [1.54, 1.807) is 13.8 Å². The maximum absolute atomic E-state index is 12.9. The predicted octanol–water partition coefficient (Wildman–Crippen LogP) is 4.43. The normalized spacial score (nSPS) is 12.8. The van der Waals surface area contributed by atoms with Gasteiger partial charge < -0.3 is 4.74 Å². The lowest BCUT2D eigenvalue weighted by Gasteiger charge is -2.20. The molecule has 0 saturated carbocycles. The molecule has 2 nitrogen and oxygen atoms in total. The molecule has 0 aliphatic heterocycles.